The van der Waals surface area contributed by atoms with Gasteiger partial charge in [0.25, 0.3) is 5.91 Å². The topological polar surface area (TPSA) is 212 Å². The number of aliphatic hydroxyl groups excluding tert-OH is 1. The summed E-state index contributed by atoms with van der Waals surface area (Å²) in [5, 5.41) is 45.8. The lowest BCUT2D eigenvalue weighted by Gasteiger charge is -2.33. The van der Waals surface area contributed by atoms with Crippen molar-refractivity contribution >= 4 is 52.0 Å². The van der Waals surface area contributed by atoms with Crippen molar-refractivity contribution in [2.45, 2.75) is 43.3 Å². The number of benzene rings is 2. The number of rotatable bonds is 8. The van der Waals surface area contributed by atoms with E-state index in [1.165, 1.54) is 0 Å². The molecular formula is C28H30ClN3O9. The lowest BCUT2D eigenvalue weighted by Crippen LogP contribution is -2.42. The smallest absolute Gasteiger partial charge is 0.336 e. The normalized spacial score (nSPS) is 14.6. The van der Waals surface area contributed by atoms with E-state index in [0.717, 1.165) is 29.4 Å². The number of carboxylic acids is 3. The van der Waals surface area contributed by atoms with Crippen LogP contribution in [0.3, 0.4) is 0 Å². The summed E-state index contributed by atoms with van der Waals surface area (Å²) in [7, 11) is 0. The second kappa shape index (κ2) is 13.4. The molecule has 4 rings (SSSR count). The van der Waals surface area contributed by atoms with Gasteiger partial charge in [0.2, 0.25) is 0 Å². The maximum absolute atomic E-state index is 12.7. The van der Waals surface area contributed by atoms with Crippen LogP contribution < -0.4 is 5.73 Å². The van der Waals surface area contributed by atoms with Crippen LogP contribution in [0.4, 0.5) is 5.69 Å². The highest BCUT2D eigenvalue weighted by molar-refractivity contribution is 6.30. The summed E-state index contributed by atoms with van der Waals surface area (Å²) in [6.45, 7) is 1.14. The van der Waals surface area contributed by atoms with Crippen LogP contribution in [-0.4, -0.2) is 77.9 Å². The van der Waals surface area contributed by atoms with Gasteiger partial charge in [-0.25, -0.2) is 4.79 Å². The van der Waals surface area contributed by atoms with Crippen molar-refractivity contribution < 1.29 is 44.7 Å². The molecule has 1 atom stereocenters. The largest absolute Gasteiger partial charge is 0.481 e. The predicted molar refractivity (Wildman–Crippen MR) is 148 cm³/mol. The van der Waals surface area contributed by atoms with Crippen molar-refractivity contribution in [3.63, 3.8) is 0 Å². The van der Waals surface area contributed by atoms with Crippen molar-refractivity contribution in [3.8, 4) is 0 Å². The fraction of sp³-hybridized carbons (Fsp3) is 0.321. The van der Waals surface area contributed by atoms with Crippen LogP contribution in [0.5, 0.6) is 0 Å². The number of aliphatic carboxylic acids is 3. The van der Waals surface area contributed by atoms with Gasteiger partial charge in [0.05, 0.1) is 29.7 Å². The van der Waals surface area contributed by atoms with Crippen LogP contribution in [0, 0.1) is 0 Å². The molecule has 0 radical (unpaired) electrons. The maximum atomic E-state index is 12.7. The molecule has 13 heteroatoms. The summed E-state index contributed by atoms with van der Waals surface area (Å²) in [6.07, 6.45) is -1.91. The van der Waals surface area contributed by atoms with E-state index in [9.17, 15) is 24.3 Å². The molecule has 218 valence electrons. The van der Waals surface area contributed by atoms with Crippen LogP contribution in [0.2, 0.25) is 5.02 Å². The second-order valence-electron chi connectivity index (χ2n) is 9.69. The van der Waals surface area contributed by atoms with E-state index in [-0.39, 0.29) is 11.8 Å². The second-order valence-corrected chi connectivity index (χ2v) is 10.1. The number of aliphatic hydroxyl groups is 2. The number of hydrogen-bond donors (Lipinski definition) is 6. The molecule has 1 saturated heterocycles. The number of anilines is 1. The molecule has 1 unspecified atom stereocenters. The first-order chi connectivity index (χ1) is 19.3. The van der Waals surface area contributed by atoms with Gasteiger partial charge in [-0.3, -0.25) is 19.4 Å². The highest BCUT2D eigenvalue weighted by Gasteiger charge is 2.40. The van der Waals surface area contributed by atoms with Gasteiger partial charge in [0.1, 0.15) is 0 Å². The number of fused-ring (bicyclic) bond motifs is 1. The van der Waals surface area contributed by atoms with Crippen molar-refractivity contribution in [3.05, 3.63) is 70.9 Å². The summed E-state index contributed by atoms with van der Waals surface area (Å²) in [5.74, 6) is -5.09. The zero-order valence-corrected chi connectivity index (χ0v) is 22.6. The van der Waals surface area contributed by atoms with Crippen LogP contribution >= 0.6 is 11.6 Å². The quantitative estimate of drug-likeness (QED) is 0.225. The number of piperidine rings is 1. The molecule has 0 bridgehead atoms. The lowest BCUT2D eigenvalue weighted by molar-refractivity contribution is -0.170. The number of para-hydroxylation sites is 1. The zero-order chi connectivity index (χ0) is 30.3. The third-order valence-corrected chi connectivity index (χ3v) is 6.93. The number of halogens is 1. The Bertz CT molecular complexity index is 1410. The van der Waals surface area contributed by atoms with E-state index >= 15 is 0 Å². The highest BCUT2D eigenvalue weighted by Crippen LogP contribution is 2.33. The Morgan fingerprint density at radius 2 is 1.54 bits per heavy atom. The van der Waals surface area contributed by atoms with E-state index in [0.29, 0.717) is 29.4 Å². The van der Waals surface area contributed by atoms with E-state index in [1.54, 1.807) is 29.2 Å². The zero-order valence-electron chi connectivity index (χ0n) is 21.8. The molecule has 0 aliphatic carbocycles. The summed E-state index contributed by atoms with van der Waals surface area (Å²) in [6, 6.07) is 16.6. The van der Waals surface area contributed by atoms with E-state index in [1.807, 2.05) is 30.3 Å². The van der Waals surface area contributed by atoms with Crippen LogP contribution in [-0.2, 0) is 19.2 Å². The van der Waals surface area contributed by atoms with Gasteiger partial charge in [-0.2, -0.15) is 0 Å². The molecule has 0 spiro atoms. The Hall–Kier alpha value is -4.26. The number of amides is 1. The number of aromatic nitrogens is 1. The molecule has 3 aromatic rings. The van der Waals surface area contributed by atoms with Gasteiger partial charge in [-0.05, 0) is 42.7 Å². The third kappa shape index (κ3) is 8.13. The minimum atomic E-state index is -2.74. The summed E-state index contributed by atoms with van der Waals surface area (Å²) in [4.78, 5) is 49.6. The maximum Gasteiger partial charge on any atom is 0.336 e. The number of nitrogens with zero attached hydrogens (tertiary/aromatic N) is 2. The molecule has 1 aliphatic rings. The van der Waals surface area contributed by atoms with Gasteiger partial charge in [-0.1, -0.05) is 41.9 Å². The number of hydrogen-bond acceptors (Lipinski definition) is 8. The Labute approximate surface area is 239 Å². The molecule has 1 fully saturated rings. The first kappa shape index (κ1) is 31.3. The molecule has 12 nitrogen and oxygen atoms in total. The summed E-state index contributed by atoms with van der Waals surface area (Å²) < 4.78 is 0. The fourth-order valence-corrected chi connectivity index (χ4v) is 4.65. The van der Waals surface area contributed by atoms with Crippen LogP contribution in [0.15, 0.2) is 54.6 Å². The van der Waals surface area contributed by atoms with E-state index < -0.39 is 42.5 Å². The van der Waals surface area contributed by atoms with Crippen LogP contribution in [0.1, 0.15) is 49.0 Å². The molecule has 2 aromatic carbocycles. The number of nitrogen functional groups attached to an aromatic ring is 1. The summed E-state index contributed by atoms with van der Waals surface area (Å²) >= 11 is 5.87. The first-order valence-electron chi connectivity index (χ1n) is 12.6. The average molecular weight is 588 g/mol. The molecule has 0 saturated carbocycles. The molecule has 2 heterocycles. The fourth-order valence-electron chi connectivity index (χ4n) is 4.52. The van der Waals surface area contributed by atoms with Gasteiger partial charge >= 0.3 is 17.9 Å². The Balaban J connectivity index is 0.000000302. The van der Waals surface area contributed by atoms with Crippen LogP contribution in [0.25, 0.3) is 10.9 Å². The Morgan fingerprint density at radius 1 is 0.976 bits per heavy atom. The van der Waals surface area contributed by atoms with Crippen molar-refractivity contribution in [2.75, 3.05) is 18.8 Å². The predicted octanol–water partition coefficient (Wildman–Crippen LogP) is 2.66. The summed E-state index contributed by atoms with van der Waals surface area (Å²) in [5.41, 5.74) is 6.61. The third-order valence-electron chi connectivity index (χ3n) is 6.68. The van der Waals surface area contributed by atoms with Crippen molar-refractivity contribution in [1.29, 1.82) is 0 Å². The molecule has 1 aromatic heterocycles. The Morgan fingerprint density at radius 3 is 2.07 bits per heavy atom. The average Bonchev–Trinajstić information content (AvgIpc) is 2.92. The molecule has 7 N–H and O–H groups in total. The van der Waals surface area contributed by atoms with E-state index in [2.05, 4.69) is 0 Å². The number of carboxylic acid groups (broad SMARTS) is 3. The molecule has 1 amide bonds. The van der Waals surface area contributed by atoms with Gasteiger partial charge in [0, 0.05) is 29.4 Å². The first-order valence-corrected chi connectivity index (χ1v) is 13.0. The van der Waals surface area contributed by atoms with Crippen molar-refractivity contribution in [1.82, 2.24) is 9.88 Å². The monoisotopic (exact) mass is 587 g/mol. The number of nitrogens with two attached hydrogens (primary N) is 1. The molecule has 1 aliphatic heterocycles. The minimum absolute atomic E-state index is 0.210. The highest BCUT2D eigenvalue weighted by atomic mass is 35.5. The van der Waals surface area contributed by atoms with E-state index in [4.69, 9.17) is 42.7 Å². The standard InChI is InChI=1S/C22H22ClN3O2.C6H8O7/c23-17-7-5-15(6-8-17)21(27)22(28)26-11-9-14(10-12-26)20-18(24)13-16-3-1-2-4-19(16)25-20;7-3(8)1-6(13,5(11)12)2-4(9)10/h1-8,13-14,21,27H,9-12,24H2;13H,1-2H2,(H,7,8)(H,9,10)(H,11,12). The lowest BCUT2D eigenvalue weighted by atomic mass is 9.91. The molecular weight excluding hydrogens is 558 g/mol. The SMILES string of the molecule is Nc1cc2ccccc2nc1C1CCN(C(=O)C(O)c2ccc(Cl)cc2)CC1.O=C(O)CC(O)(CC(=O)O)C(=O)O. The number of carbonyl (C=O) groups is 4. The molecule has 41 heavy (non-hydrogen) atoms. The number of pyridine rings is 1. The van der Waals surface area contributed by atoms with Gasteiger partial charge in [-0.15, -0.1) is 0 Å². The van der Waals surface area contributed by atoms with Crippen molar-refractivity contribution in [2.24, 2.45) is 0 Å². The minimum Gasteiger partial charge on any atom is -0.481 e. The van der Waals surface area contributed by atoms with Gasteiger partial charge < -0.3 is 36.2 Å². The number of carbonyl (C=O) groups excluding carboxylic acids is 1. The van der Waals surface area contributed by atoms with Gasteiger partial charge in [0.15, 0.2) is 11.7 Å². The Kier molecular flexibility index (Phi) is 10.2. The number of likely N-dealkylation sites (tertiary alicyclic amines) is 1.